The van der Waals surface area contributed by atoms with Crippen LogP contribution in [0.1, 0.15) is 15.4 Å². The van der Waals surface area contributed by atoms with Crippen molar-refractivity contribution in [3.05, 3.63) is 45.4 Å². The minimum atomic E-state index is -0.178. The summed E-state index contributed by atoms with van der Waals surface area (Å²) in [5.74, 6) is -0.178. The quantitative estimate of drug-likeness (QED) is 0.922. The lowest BCUT2D eigenvalue weighted by atomic mass is 10.3. The van der Waals surface area contributed by atoms with E-state index in [0.717, 1.165) is 15.0 Å². The molecule has 0 aliphatic heterocycles. The summed E-state index contributed by atoms with van der Waals surface area (Å²) < 4.78 is 4.98. The number of amides is 1. The molecule has 1 amide bonds. The number of anilines is 1. The van der Waals surface area contributed by atoms with Gasteiger partial charge in [-0.1, -0.05) is 22.0 Å². The van der Waals surface area contributed by atoms with Crippen LogP contribution in [0.3, 0.4) is 0 Å². The highest BCUT2D eigenvalue weighted by Crippen LogP contribution is 2.17. The van der Waals surface area contributed by atoms with Crippen LogP contribution in [0.25, 0.3) is 0 Å². The van der Waals surface area contributed by atoms with E-state index in [1.807, 2.05) is 31.2 Å². The van der Waals surface area contributed by atoms with Gasteiger partial charge in [-0.15, -0.1) is 0 Å². The molecule has 1 N–H and O–H groups in total. The predicted octanol–water partition coefficient (Wildman–Crippen LogP) is 3.47. The van der Waals surface area contributed by atoms with Gasteiger partial charge < -0.3 is 5.32 Å². The number of aryl methyl sites for hydroxylation is 1. The first-order valence-corrected chi connectivity index (χ1v) is 6.22. The van der Waals surface area contributed by atoms with Gasteiger partial charge >= 0.3 is 0 Å². The highest BCUT2D eigenvalue weighted by atomic mass is 79.9. The van der Waals surface area contributed by atoms with E-state index in [1.54, 1.807) is 6.07 Å². The van der Waals surface area contributed by atoms with Crippen molar-refractivity contribution in [2.45, 2.75) is 6.92 Å². The number of benzene rings is 1. The topological polar surface area (TPSA) is 42.0 Å². The van der Waals surface area contributed by atoms with Crippen LogP contribution in [-0.2, 0) is 0 Å². The van der Waals surface area contributed by atoms with Crippen molar-refractivity contribution in [2.75, 3.05) is 5.32 Å². The third-order valence-corrected chi connectivity index (χ3v) is 3.13. The fourth-order valence-electron chi connectivity index (χ4n) is 1.23. The van der Waals surface area contributed by atoms with Gasteiger partial charge in [0.2, 0.25) is 0 Å². The molecule has 0 saturated carbocycles. The first kappa shape index (κ1) is 11.3. The summed E-state index contributed by atoms with van der Waals surface area (Å²) in [6.07, 6.45) is 0. The first-order valence-electron chi connectivity index (χ1n) is 4.65. The highest BCUT2D eigenvalue weighted by molar-refractivity contribution is 9.10. The molecule has 5 heteroatoms. The molecule has 3 nitrogen and oxygen atoms in total. The number of halogens is 1. The third kappa shape index (κ3) is 2.68. The Morgan fingerprint density at radius 2 is 2.25 bits per heavy atom. The minimum Gasteiger partial charge on any atom is -0.321 e. The van der Waals surface area contributed by atoms with Gasteiger partial charge in [0.05, 0.1) is 0 Å². The molecule has 0 aliphatic rings. The van der Waals surface area contributed by atoms with Crippen LogP contribution < -0.4 is 5.32 Å². The monoisotopic (exact) mass is 296 g/mol. The maximum Gasteiger partial charge on any atom is 0.275 e. The Morgan fingerprint density at radius 3 is 2.88 bits per heavy atom. The molecular weight excluding hydrogens is 288 g/mol. The molecular formula is C11H9BrN2OS. The Labute approximate surface area is 106 Å². The first-order chi connectivity index (χ1) is 7.65. The summed E-state index contributed by atoms with van der Waals surface area (Å²) in [4.78, 5) is 12.8. The van der Waals surface area contributed by atoms with E-state index in [0.29, 0.717) is 5.69 Å². The molecule has 16 heavy (non-hydrogen) atoms. The van der Waals surface area contributed by atoms with Crippen molar-refractivity contribution in [1.29, 1.82) is 0 Å². The van der Waals surface area contributed by atoms with Crippen molar-refractivity contribution in [3.63, 3.8) is 0 Å². The molecule has 0 radical (unpaired) electrons. The average molecular weight is 297 g/mol. The Morgan fingerprint density at radius 1 is 1.44 bits per heavy atom. The van der Waals surface area contributed by atoms with Gasteiger partial charge in [0.15, 0.2) is 0 Å². The van der Waals surface area contributed by atoms with Crippen molar-refractivity contribution >= 4 is 39.1 Å². The van der Waals surface area contributed by atoms with Crippen molar-refractivity contribution in [2.24, 2.45) is 0 Å². The SMILES string of the molecule is Cc1cc(C(=O)Nc2cccc(Br)c2)ns1. The Hall–Kier alpha value is -1.20. The Balaban J connectivity index is 2.13. The molecule has 0 atom stereocenters. The second kappa shape index (κ2) is 4.76. The zero-order valence-electron chi connectivity index (χ0n) is 8.53. The van der Waals surface area contributed by atoms with Crippen LogP contribution in [0.2, 0.25) is 0 Å². The van der Waals surface area contributed by atoms with Gasteiger partial charge in [-0.3, -0.25) is 4.79 Å². The molecule has 0 bridgehead atoms. The number of aromatic nitrogens is 1. The number of nitrogens with zero attached hydrogens (tertiary/aromatic N) is 1. The van der Waals surface area contributed by atoms with Crippen LogP contribution in [-0.4, -0.2) is 10.3 Å². The summed E-state index contributed by atoms with van der Waals surface area (Å²) in [5, 5.41) is 2.79. The number of nitrogens with one attached hydrogen (secondary N) is 1. The lowest BCUT2D eigenvalue weighted by Crippen LogP contribution is -2.11. The summed E-state index contributed by atoms with van der Waals surface area (Å²) in [6, 6.07) is 9.23. The maximum absolute atomic E-state index is 11.8. The van der Waals surface area contributed by atoms with Gasteiger partial charge in [0.1, 0.15) is 5.69 Å². The van der Waals surface area contributed by atoms with E-state index >= 15 is 0 Å². The molecule has 1 aromatic heterocycles. The largest absolute Gasteiger partial charge is 0.321 e. The average Bonchev–Trinajstić information content (AvgIpc) is 2.65. The van der Waals surface area contributed by atoms with E-state index < -0.39 is 0 Å². The molecule has 1 heterocycles. The molecule has 0 spiro atoms. The molecule has 82 valence electrons. The van der Waals surface area contributed by atoms with Crippen LogP contribution in [0.15, 0.2) is 34.8 Å². The molecule has 0 saturated heterocycles. The number of hydrogen-bond donors (Lipinski definition) is 1. The number of carbonyl (C=O) groups excluding carboxylic acids is 1. The lowest BCUT2D eigenvalue weighted by Gasteiger charge is -2.02. The van der Waals surface area contributed by atoms with E-state index in [1.165, 1.54) is 11.5 Å². The van der Waals surface area contributed by atoms with Crippen LogP contribution in [0.5, 0.6) is 0 Å². The van der Waals surface area contributed by atoms with Gasteiger partial charge in [-0.25, -0.2) is 0 Å². The molecule has 0 aliphatic carbocycles. The van der Waals surface area contributed by atoms with Gasteiger partial charge in [-0.05, 0) is 42.7 Å². The molecule has 2 aromatic rings. The predicted molar refractivity (Wildman–Crippen MR) is 68.9 cm³/mol. The van der Waals surface area contributed by atoms with E-state index in [-0.39, 0.29) is 5.91 Å². The summed E-state index contributed by atoms with van der Waals surface area (Å²) in [5.41, 5.74) is 1.22. The molecule has 0 unspecified atom stereocenters. The van der Waals surface area contributed by atoms with E-state index in [4.69, 9.17) is 0 Å². The second-order valence-corrected chi connectivity index (χ2v) is 5.21. The van der Waals surface area contributed by atoms with Gasteiger partial charge in [0.25, 0.3) is 5.91 Å². The normalized spacial score (nSPS) is 10.1. The zero-order chi connectivity index (χ0) is 11.5. The number of rotatable bonds is 2. The molecule has 0 fully saturated rings. The van der Waals surface area contributed by atoms with Crippen molar-refractivity contribution in [3.8, 4) is 0 Å². The van der Waals surface area contributed by atoms with Crippen LogP contribution in [0, 0.1) is 6.92 Å². The third-order valence-electron chi connectivity index (χ3n) is 1.94. The van der Waals surface area contributed by atoms with Crippen molar-refractivity contribution < 1.29 is 4.79 Å². The van der Waals surface area contributed by atoms with Gasteiger partial charge in [-0.2, -0.15) is 4.37 Å². The maximum atomic E-state index is 11.8. The van der Waals surface area contributed by atoms with Gasteiger partial charge in [0, 0.05) is 15.0 Å². The summed E-state index contributed by atoms with van der Waals surface area (Å²) in [7, 11) is 0. The van der Waals surface area contributed by atoms with Crippen LogP contribution in [0.4, 0.5) is 5.69 Å². The van der Waals surface area contributed by atoms with Crippen molar-refractivity contribution in [1.82, 2.24) is 4.37 Å². The smallest absolute Gasteiger partial charge is 0.275 e. The van der Waals surface area contributed by atoms with E-state index in [2.05, 4.69) is 25.6 Å². The Bertz CT molecular complexity index is 524. The number of carbonyl (C=O) groups is 1. The van der Waals surface area contributed by atoms with E-state index in [9.17, 15) is 4.79 Å². The minimum absolute atomic E-state index is 0.178. The lowest BCUT2D eigenvalue weighted by molar-refractivity contribution is 0.102. The Kier molecular flexibility index (Phi) is 3.36. The zero-order valence-corrected chi connectivity index (χ0v) is 10.9. The molecule has 1 aromatic carbocycles. The second-order valence-electron chi connectivity index (χ2n) is 3.29. The fraction of sp³-hybridized carbons (Fsp3) is 0.0909. The highest BCUT2D eigenvalue weighted by Gasteiger charge is 2.09. The molecule has 2 rings (SSSR count). The fourth-order valence-corrected chi connectivity index (χ4v) is 2.18. The van der Waals surface area contributed by atoms with Crippen LogP contribution >= 0.6 is 27.5 Å². The number of hydrogen-bond acceptors (Lipinski definition) is 3. The summed E-state index contributed by atoms with van der Waals surface area (Å²) >= 11 is 4.67. The standard InChI is InChI=1S/C11H9BrN2OS/c1-7-5-10(14-16-7)11(15)13-9-4-2-3-8(12)6-9/h2-6H,1H3,(H,13,15). The summed E-state index contributed by atoms with van der Waals surface area (Å²) in [6.45, 7) is 1.92.